The van der Waals surface area contributed by atoms with Crippen molar-refractivity contribution in [2.24, 2.45) is 11.1 Å². The van der Waals surface area contributed by atoms with Crippen LogP contribution in [-0.4, -0.2) is 54.5 Å². The summed E-state index contributed by atoms with van der Waals surface area (Å²) in [4.78, 5) is 17.8. The van der Waals surface area contributed by atoms with E-state index in [0.29, 0.717) is 18.5 Å². The van der Waals surface area contributed by atoms with Crippen LogP contribution in [0.25, 0.3) is 0 Å². The van der Waals surface area contributed by atoms with E-state index in [1.54, 1.807) is 0 Å². The Morgan fingerprint density at radius 2 is 1.86 bits per heavy atom. The molecule has 2 rings (SSSR count). The highest BCUT2D eigenvalue weighted by Crippen LogP contribution is 2.33. The summed E-state index contributed by atoms with van der Waals surface area (Å²) in [5.41, 5.74) is 5.76. The fourth-order valence-electron chi connectivity index (χ4n) is 4.26. The van der Waals surface area contributed by atoms with Gasteiger partial charge in [-0.2, -0.15) is 0 Å². The molecule has 2 aliphatic rings. The summed E-state index contributed by atoms with van der Waals surface area (Å²) < 4.78 is 0. The lowest BCUT2D eigenvalue weighted by Gasteiger charge is -2.46. The van der Waals surface area contributed by atoms with E-state index in [4.69, 9.17) is 5.73 Å². The number of nitrogens with two attached hydrogens (primary N) is 1. The lowest BCUT2D eigenvalue weighted by atomic mass is 9.77. The second kappa shape index (κ2) is 7.59. The van der Waals surface area contributed by atoms with Crippen molar-refractivity contribution in [1.29, 1.82) is 0 Å². The van der Waals surface area contributed by atoms with E-state index in [2.05, 4.69) is 23.6 Å². The van der Waals surface area contributed by atoms with Crippen LogP contribution < -0.4 is 5.73 Å². The number of rotatable bonds is 6. The van der Waals surface area contributed by atoms with E-state index in [1.807, 2.05) is 0 Å². The van der Waals surface area contributed by atoms with Crippen LogP contribution in [0, 0.1) is 5.41 Å². The van der Waals surface area contributed by atoms with Gasteiger partial charge in [0, 0.05) is 32.2 Å². The zero-order valence-corrected chi connectivity index (χ0v) is 13.9. The molecule has 0 aromatic rings. The van der Waals surface area contributed by atoms with Gasteiger partial charge in [-0.15, -0.1) is 0 Å². The van der Waals surface area contributed by atoms with Gasteiger partial charge in [0.05, 0.1) is 5.41 Å². The van der Waals surface area contributed by atoms with Gasteiger partial charge in [-0.05, 0) is 32.2 Å². The third-order valence-corrected chi connectivity index (χ3v) is 5.43. The van der Waals surface area contributed by atoms with Crippen LogP contribution >= 0.6 is 0 Å². The molecule has 1 amide bonds. The molecule has 2 N–H and O–H groups in total. The Kier molecular flexibility index (Phi) is 6.06. The predicted molar refractivity (Wildman–Crippen MR) is 87.1 cm³/mol. The van der Waals surface area contributed by atoms with E-state index in [9.17, 15) is 4.79 Å². The Balaban J connectivity index is 2.06. The number of fused-ring (bicyclic) bond motifs is 1. The highest BCUT2D eigenvalue weighted by molar-refractivity contribution is 5.83. The van der Waals surface area contributed by atoms with E-state index in [1.165, 1.54) is 25.8 Å². The van der Waals surface area contributed by atoms with Gasteiger partial charge in [-0.25, -0.2) is 0 Å². The van der Waals surface area contributed by atoms with E-state index in [0.717, 1.165) is 45.3 Å². The number of carbonyl (C=O) groups is 1. The minimum atomic E-state index is -0.305. The number of hydrogen-bond donors (Lipinski definition) is 1. The Hall–Kier alpha value is -0.610. The maximum Gasteiger partial charge on any atom is 0.230 e. The number of amides is 1. The average Bonchev–Trinajstić information content (AvgIpc) is 2.53. The third-order valence-electron chi connectivity index (χ3n) is 5.43. The Morgan fingerprint density at radius 3 is 2.48 bits per heavy atom. The number of carbonyl (C=O) groups excluding carboxylic acids is 1. The molecule has 2 fully saturated rings. The van der Waals surface area contributed by atoms with Crippen LogP contribution in [0.2, 0.25) is 0 Å². The highest BCUT2D eigenvalue weighted by Gasteiger charge is 2.41. The molecule has 2 saturated heterocycles. The van der Waals surface area contributed by atoms with Gasteiger partial charge in [0.1, 0.15) is 0 Å². The molecule has 21 heavy (non-hydrogen) atoms. The number of piperazine rings is 1. The van der Waals surface area contributed by atoms with Crippen molar-refractivity contribution in [2.75, 3.05) is 32.7 Å². The summed E-state index contributed by atoms with van der Waals surface area (Å²) >= 11 is 0. The largest absolute Gasteiger partial charge is 0.339 e. The standard InChI is InChI=1S/C17H33N3O/c1-3-8-17(14-18,9-4-2)16(21)20-12-11-19-10-6-5-7-15(19)13-20/h15H,3-14,18H2,1-2H3. The monoisotopic (exact) mass is 295 g/mol. The highest BCUT2D eigenvalue weighted by atomic mass is 16.2. The first kappa shape index (κ1) is 16.8. The minimum absolute atomic E-state index is 0.305. The van der Waals surface area contributed by atoms with Crippen molar-refractivity contribution >= 4 is 5.91 Å². The second-order valence-electron chi connectivity index (χ2n) is 6.92. The molecule has 0 radical (unpaired) electrons. The summed E-state index contributed by atoms with van der Waals surface area (Å²) in [7, 11) is 0. The van der Waals surface area contributed by atoms with Crippen molar-refractivity contribution in [2.45, 2.75) is 64.8 Å². The first-order valence-electron chi connectivity index (χ1n) is 8.90. The summed E-state index contributed by atoms with van der Waals surface area (Å²) in [6.45, 7) is 8.91. The summed E-state index contributed by atoms with van der Waals surface area (Å²) in [6.07, 6.45) is 7.82. The predicted octanol–water partition coefficient (Wildman–Crippen LogP) is 2.23. The molecule has 1 unspecified atom stereocenters. The molecule has 2 aliphatic heterocycles. The zero-order valence-electron chi connectivity index (χ0n) is 13.9. The average molecular weight is 295 g/mol. The first-order valence-corrected chi connectivity index (χ1v) is 8.90. The van der Waals surface area contributed by atoms with Crippen LogP contribution in [0.15, 0.2) is 0 Å². The molecule has 4 heteroatoms. The molecule has 0 aliphatic carbocycles. The quantitative estimate of drug-likeness (QED) is 0.817. The van der Waals surface area contributed by atoms with Crippen LogP contribution in [0.3, 0.4) is 0 Å². The fourth-order valence-corrected chi connectivity index (χ4v) is 4.26. The Bertz CT molecular complexity index is 339. The van der Waals surface area contributed by atoms with Gasteiger partial charge in [0.25, 0.3) is 0 Å². The van der Waals surface area contributed by atoms with Gasteiger partial charge in [-0.3, -0.25) is 9.69 Å². The second-order valence-corrected chi connectivity index (χ2v) is 6.92. The van der Waals surface area contributed by atoms with Gasteiger partial charge in [0.15, 0.2) is 0 Å². The molecule has 0 spiro atoms. The minimum Gasteiger partial charge on any atom is -0.339 e. The van der Waals surface area contributed by atoms with E-state index >= 15 is 0 Å². The van der Waals surface area contributed by atoms with Crippen molar-refractivity contribution in [3.05, 3.63) is 0 Å². The molecule has 4 nitrogen and oxygen atoms in total. The molecule has 1 atom stereocenters. The van der Waals surface area contributed by atoms with Crippen LogP contribution in [0.1, 0.15) is 58.8 Å². The Morgan fingerprint density at radius 1 is 1.14 bits per heavy atom. The van der Waals surface area contributed by atoms with Crippen LogP contribution in [-0.2, 0) is 4.79 Å². The van der Waals surface area contributed by atoms with E-state index < -0.39 is 0 Å². The molecule has 0 bridgehead atoms. The maximum atomic E-state index is 13.1. The SMILES string of the molecule is CCCC(CN)(CCC)C(=O)N1CCN2CCCCC2C1. The van der Waals surface area contributed by atoms with Crippen molar-refractivity contribution in [1.82, 2.24) is 9.80 Å². The van der Waals surface area contributed by atoms with Crippen molar-refractivity contribution in [3.63, 3.8) is 0 Å². The number of piperidine rings is 1. The topological polar surface area (TPSA) is 49.6 Å². The zero-order chi connectivity index (χ0) is 15.3. The van der Waals surface area contributed by atoms with Crippen LogP contribution in [0.5, 0.6) is 0 Å². The molecule has 0 saturated carbocycles. The Labute approximate surface area is 130 Å². The smallest absolute Gasteiger partial charge is 0.230 e. The lowest BCUT2D eigenvalue weighted by Crippen LogP contribution is -2.59. The normalized spacial score (nSPS) is 24.0. The lowest BCUT2D eigenvalue weighted by molar-refractivity contribution is -0.146. The van der Waals surface area contributed by atoms with Crippen LogP contribution in [0.4, 0.5) is 0 Å². The van der Waals surface area contributed by atoms with E-state index in [-0.39, 0.29) is 5.41 Å². The van der Waals surface area contributed by atoms with Gasteiger partial charge < -0.3 is 10.6 Å². The number of hydrogen-bond acceptors (Lipinski definition) is 3. The fraction of sp³-hybridized carbons (Fsp3) is 0.941. The first-order chi connectivity index (χ1) is 10.2. The van der Waals surface area contributed by atoms with Crippen molar-refractivity contribution in [3.8, 4) is 0 Å². The molecular formula is C17H33N3O. The van der Waals surface area contributed by atoms with Gasteiger partial charge in [-0.1, -0.05) is 33.1 Å². The summed E-state index contributed by atoms with van der Waals surface area (Å²) in [5, 5.41) is 0. The van der Waals surface area contributed by atoms with Crippen molar-refractivity contribution < 1.29 is 4.79 Å². The summed E-state index contributed by atoms with van der Waals surface area (Å²) in [5.74, 6) is 0.332. The third kappa shape index (κ3) is 3.59. The number of nitrogens with zero attached hydrogens (tertiary/aromatic N) is 2. The molecule has 0 aromatic carbocycles. The molecule has 2 heterocycles. The maximum absolute atomic E-state index is 13.1. The molecule has 122 valence electrons. The molecular weight excluding hydrogens is 262 g/mol. The molecule has 0 aromatic heterocycles. The summed E-state index contributed by atoms with van der Waals surface area (Å²) in [6, 6.07) is 0.593. The van der Waals surface area contributed by atoms with Gasteiger partial charge >= 0.3 is 0 Å². The van der Waals surface area contributed by atoms with Gasteiger partial charge in [0.2, 0.25) is 5.91 Å².